The molecule has 0 aliphatic carbocycles. The van der Waals surface area contributed by atoms with E-state index in [0.29, 0.717) is 12.2 Å². The molecule has 0 spiro atoms. The highest BCUT2D eigenvalue weighted by Crippen LogP contribution is 2.23. The molecule has 1 rings (SSSR count). The van der Waals surface area contributed by atoms with Crippen LogP contribution in [0.3, 0.4) is 0 Å². The van der Waals surface area contributed by atoms with Crippen LogP contribution in [0.25, 0.3) is 0 Å². The lowest BCUT2D eigenvalue weighted by atomic mass is 10.2. The number of hydrogen-bond acceptors (Lipinski definition) is 4. The van der Waals surface area contributed by atoms with Crippen molar-refractivity contribution in [3.05, 3.63) is 29.8 Å². The molecular weight excluding hydrogens is 298 g/mol. The van der Waals surface area contributed by atoms with Gasteiger partial charge in [-0.15, -0.1) is 0 Å². The zero-order valence-electron chi connectivity index (χ0n) is 11.7. The maximum atomic E-state index is 12.6. The third-order valence-electron chi connectivity index (χ3n) is 3.12. The van der Waals surface area contributed by atoms with Gasteiger partial charge in [-0.1, -0.05) is 19.1 Å². The van der Waals surface area contributed by atoms with Crippen molar-refractivity contribution in [3.63, 3.8) is 0 Å². The molecule has 0 aromatic heterocycles. The van der Waals surface area contributed by atoms with Crippen molar-refractivity contribution in [2.75, 3.05) is 19.1 Å². The Morgan fingerprint density at radius 3 is 2.50 bits per heavy atom. The highest BCUT2D eigenvalue weighted by Gasteiger charge is 2.30. The maximum absolute atomic E-state index is 12.6. The average Bonchev–Trinajstić information content (AvgIpc) is 2.43. The molecule has 0 aliphatic heterocycles. The van der Waals surface area contributed by atoms with Crippen molar-refractivity contribution in [2.24, 2.45) is 0 Å². The number of carbonyl (C=O) groups is 1. The fraction of sp³-hybridized carbons (Fsp3) is 0.462. The number of carboxylic acid groups (broad SMARTS) is 1. The highest BCUT2D eigenvalue weighted by molar-refractivity contribution is 7.98. The van der Waals surface area contributed by atoms with Crippen LogP contribution in [0.5, 0.6) is 0 Å². The largest absolute Gasteiger partial charge is 0.478 e. The zero-order chi connectivity index (χ0) is 15.3. The first-order valence-electron chi connectivity index (χ1n) is 6.15. The smallest absolute Gasteiger partial charge is 0.337 e. The number of aromatic carboxylic acids is 1. The van der Waals surface area contributed by atoms with Gasteiger partial charge in [0.1, 0.15) is 0 Å². The molecule has 1 aromatic rings. The van der Waals surface area contributed by atoms with Gasteiger partial charge in [-0.3, -0.25) is 0 Å². The van der Waals surface area contributed by atoms with E-state index in [1.54, 1.807) is 11.8 Å². The van der Waals surface area contributed by atoms with Gasteiger partial charge in [0.05, 0.1) is 10.5 Å². The standard InChI is InChI=1S/C13H19NO4S2/c1-4-10(9-19-3)14(2)20(17,18)12-8-6-5-7-11(12)13(15)16/h5-8,10H,4,9H2,1-3H3,(H,15,16). The van der Waals surface area contributed by atoms with Crippen LogP contribution in [0, 0.1) is 0 Å². The minimum Gasteiger partial charge on any atom is -0.478 e. The number of benzene rings is 1. The first-order valence-corrected chi connectivity index (χ1v) is 8.98. The molecule has 7 heteroatoms. The molecule has 0 bridgehead atoms. The van der Waals surface area contributed by atoms with Crippen molar-refractivity contribution in [1.82, 2.24) is 4.31 Å². The summed E-state index contributed by atoms with van der Waals surface area (Å²) in [4.78, 5) is 11.0. The van der Waals surface area contributed by atoms with E-state index in [0.717, 1.165) is 0 Å². The Morgan fingerprint density at radius 1 is 1.40 bits per heavy atom. The van der Waals surface area contributed by atoms with Gasteiger partial charge in [-0.2, -0.15) is 16.1 Å². The summed E-state index contributed by atoms with van der Waals surface area (Å²) < 4.78 is 26.4. The Morgan fingerprint density at radius 2 is 2.00 bits per heavy atom. The van der Waals surface area contributed by atoms with Crippen LogP contribution < -0.4 is 0 Å². The fourth-order valence-corrected chi connectivity index (χ4v) is 4.44. The Balaban J connectivity index is 3.26. The van der Waals surface area contributed by atoms with E-state index in [2.05, 4.69) is 0 Å². The average molecular weight is 317 g/mol. The summed E-state index contributed by atoms with van der Waals surface area (Å²) >= 11 is 1.56. The lowest BCUT2D eigenvalue weighted by Gasteiger charge is -2.26. The third kappa shape index (κ3) is 3.53. The molecule has 112 valence electrons. The van der Waals surface area contributed by atoms with Crippen molar-refractivity contribution in [1.29, 1.82) is 0 Å². The van der Waals surface area contributed by atoms with Gasteiger partial charge < -0.3 is 5.11 Å². The molecule has 0 amide bonds. The van der Waals surface area contributed by atoms with Crippen LogP contribution in [0.1, 0.15) is 23.7 Å². The van der Waals surface area contributed by atoms with Crippen LogP contribution in [0.15, 0.2) is 29.2 Å². The van der Waals surface area contributed by atoms with Crippen molar-refractivity contribution < 1.29 is 18.3 Å². The molecular formula is C13H19NO4S2. The van der Waals surface area contributed by atoms with Crippen LogP contribution in [0.4, 0.5) is 0 Å². The number of hydrogen-bond donors (Lipinski definition) is 1. The summed E-state index contributed by atoms with van der Waals surface area (Å²) in [7, 11) is -2.31. The van der Waals surface area contributed by atoms with Crippen molar-refractivity contribution in [2.45, 2.75) is 24.3 Å². The lowest BCUT2D eigenvalue weighted by molar-refractivity contribution is 0.0692. The van der Waals surface area contributed by atoms with E-state index < -0.39 is 16.0 Å². The topological polar surface area (TPSA) is 74.7 Å². The SMILES string of the molecule is CCC(CSC)N(C)S(=O)(=O)c1ccccc1C(=O)O. The number of carboxylic acids is 1. The predicted octanol–water partition coefficient (Wildman–Crippen LogP) is 2.15. The van der Waals surface area contributed by atoms with E-state index in [-0.39, 0.29) is 16.5 Å². The van der Waals surface area contributed by atoms with Gasteiger partial charge in [-0.25, -0.2) is 13.2 Å². The summed E-state index contributed by atoms with van der Waals surface area (Å²) in [5.41, 5.74) is -0.196. The van der Waals surface area contributed by atoms with E-state index in [9.17, 15) is 13.2 Å². The molecule has 1 atom stereocenters. The summed E-state index contributed by atoms with van der Waals surface area (Å²) in [6.07, 6.45) is 2.58. The molecule has 1 N–H and O–H groups in total. The zero-order valence-corrected chi connectivity index (χ0v) is 13.4. The summed E-state index contributed by atoms with van der Waals surface area (Å²) in [5.74, 6) is -0.572. The number of rotatable bonds is 7. The second kappa shape index (κ2) is 7.10. The number of thioether (sulfide) groups is 1. The monoisotopic (exact) mass is 317 g/mol. The summed E-state index contributed by atoms with van der Waals surface area (Å²) in [5, 5.41) is 9.12. The molecule has 20 heavy (non-hydrogen) atoms. The summed E-state index contributed by atoms with van der Waals surface area (Å²) in [6, 6.07) is 5.53. The normalized spacial score (nSPS) is 13.4. The van der Waals surface area contributed by atoms with E-state index in [1.165, 1.54) is 35.6 Å². The van der Waals surface area contributed by atoms with E-state index in [1.807, 2.05) is 13.2 Å². The molecule has 0 saturated carbocycles. The molecule has 5 nitrogen and oxygen atoms in total. The van der Waals surface area contributed by atoms with Gasteiger partial charge in [0.2, 0.25) is 10.0 Å². The van der Waals surface area contributed by atoms with Crippen molar-refractivity contribution in [3.8, 4) is 0 Å². The lowest BCUT2D eigenvalue weighted by Crippen LogP contribution is -2.38. The van der Waals surface area contributed by atoms with Gasteiger partial charge in [-0.05, 0) is 24.8 Å². The second-order valence-electron chi connectivity index (χ2n) is 4.34. The first-order chi connectivity index (χ1) is 9.36. The van der Waals surface area contributed by atoms with Gasteiger partial charge in [0, 0.05) is 18.8 Å². The van der Waals surface area contributed by atoms with E-state index in [4.69, 9.17) is 5.11 Å². The molecule has 1 aromatic carbocycles. The summed E-state index contributed by atoms with van der Waals surface area (Å²) in [6.45, 7) is 1.91. The molecule has 0 saturated heterocycles. The van der Waals surface area contributed by atoms with Gasteiger partial charge in [0.25, 0.3) is 0 Å². The highest BCUT2D eigenvalue weighted by atomic mass is 32.2. The third-order valence-corrected chi connectivity index (χ3v) is 5.81. The Hall–Kier alpha value is -1.05. The van der Waals surface area contributed by atoms with E-state index >= 15 is 0 Å². The molecule has 1 unspecified atom stereocenters. The first kappa shape index (κ1) is 17.0. The van der Waals surface area contributed by atoms with Crippen LogP contribution >= 0.6 is 11.8 Å². The Kier molecular flexibility index (Phi) is 6.04. The minimum atomic E-state index is -3.81. The predicted molar refractivity (Wildman–Crippen MR) is 80.8 cm³/mol. The quantitative estimate of drug-likeness (QED) is 0.834. The molecule has 0 fully saturated rings. The number of sulfonamides is 1. The maximum Gasteiger partial charge on any atom is 0.337 e. The van der Waals surface area contributed by atoms with Crippen LogP contribution in [0.2, 0.25) is 0 Å². The Labute approximate surface area is 124 Å². The van der Waals surface area contributed by atoms with Crippen LogP contribution in [-0.4, -0.2) is 48.9 Å². The number of nitrogens with zero attached hydrogens (tertiary/aromatic N) is 1. The second-order valence-corrected chi connectivity index (χ2v) is 7.22. The molecule has 0 heterocycles. The Bertz CT molecular complexity index is 571. The minimum absolute atomic E-state index is 0.156. The van der Waals surface area contributed by atoms with Gasteiger partial charge in [0.15, 0.2) is 0 Å². The molecule has 0 radical (unpaired) electrons. The van der Waals surface area contributed by atoms with Gasteiger partial charge >= 0.3 is 5.97 Å². The molecule has 0 aliphatic rings. The fourth-order valence-electron chi connectivity index (χ4n) is 1.89. The van der Waals surface area contributed by atoms with Crippen molar-refractivity contribution >= 4 is 27.8 Å². The van der Waals surface area contributed by atoms with Crippen LogP contribution in [-0.2, 0) is 10.0 Å².